The van der Waals surface area contributed by atoms with E-state index in [1.165, 1.54) is 29.2 Å². The van der Waals surface area contributed by atoms with E-state index in [1.54, 1.807) is 24.3 Å². The fourth-order valence-electron chi connectivity index (χ4n) is 4.45. The Morgan fingerprint density at radius 3 is 1.95 bits per heavy atom. The van der Waals surface area contributed by atoms with Crippen molar-refractivity contribution in [3.05, 3.63) is 59.7 Å². The summed E-state index contributed by atoms with van der Waals surface area (Å²) in [6.07, 6.45) is 0.892. The molecule has 3 atom stereocenters. The molecule has 2 aromatic carbocycles. The van der Waals surface area contributed by atoms with Gasteiger partial charge in [0.1, 0.15) is 36.2 Å². The van der Waals surface area contributed by atoms with E-state index >= 15 is 0 Å². The molecule has 0 spiro atoms. The highest BCUT2D eigenvalue weighted by Gasteiger charge is 2.38. The Bertz CT molecular complexity index is 1220. The fraction of sp³-hybridized carbons (Fsp3) is 0.370. The average Bonchev–Trinajstić information content (AvgIpc) is 3.43. The predicted molar refractivity (Wildman–Crippen MR) is 142 cm³/mol. The summed E-state index contributed by atoms with van der Waals surface area (Å²) in [4.78, 5) is 64.1. The number of likely N-dealkylation sites (tertiary alicyclic amines) is 1. The molecule has 0 bridgehead atoms. The largest absolute Gasteiger partial charge is 0.508 e. The lowest BCUT2D eigenvalue weighted by atomic mass is 10.0. The normalized spacial score (nSPS) is 16.0. The Hall–Kier alpha value is -4.65. The summed E-state index contributed by atoms with van der Waals surface area (Å²) in [6, 6.07) is 8.95. The summed E-state index contributed by atoms with van der Waals surface area (Å²) in [5.74, 6) is -3.59. The zero-order chi connectivity index (χ0) is 29.2. The molecule has 0 aromatic heterocycles. The number of hydrogen-bond donors (Lipinski definition) is 7. The van der Waals surface area contributed by atoms with Crippen molar-refractivity contribution in [3.63, 3.8) is 0 Å². The first-order valence-electron chi connectivity index (χ1n) is 12.7. The fourth-order valence-corrected chi connectivity index (χ4v) is 4.45. The first-order chi connectivity index (χ1) is 19.1. The van der Waals surface area contributed by atoms with Gasteiger partial charge in [-0.25, -0.2) is 0 Å². The highest BCUT2D eigenvalue weighted by atomic mass is 16.4. The molecule has 1 fully saturated rings. The number of phenols is 2. The van der Waals surface area contributed by atoms with Gasteiger partial charge < -0.3 is 41.9 Å². The Morgan fingerprint density at radius 1 is 0.875 bits per heavy atom. The van der Waals surface area contributed by atoms with Gasteiger partial charge >= 0.3 is 5.97 Å². The first kappa shape index (κ1) is 29.9. The van der Waals surface area contributed by atoms with E-state index in [4.69, 9.17) is 10.8 Å². The number of benzene rings is 2. The van der Waals surface area contributed by atoms with Crippen molar-refractivity contribution in [2.45, 2.75) is 43.8 Å². The van der Waals surface area contributed by atoms with Gasteiger partial charge in [0.15, 0.2) is 0 Å². The second-order valence-electron chi connectivity index (χ2n) is 9.43. The van der Waals surface area contributed by atoms with Gasteiger partial charge in [0, 0.05) is 19.4 Å². The maximum absolute atomic E-state index is 13.7. The first-order valence-corrected chi connectivity index (χ1v) is 12.7. The Morgan fingerprint density at radius 2 is 1.43 bits per heavy atom. The van der Waals surface area contributed by atoms with Gasteiger partial charge in [0.25, 0.3) is 0 Å². The molecule has 4 amide bonds. The molecule has 3 rings (SSSR count). The molecule has 40 heavy (non-hydrogen) atoms. The molecule has 1 saturated heterocycles. The van der Waals surface area contributed by atoms with Crippen LogP contribution in [-0.2, 0) is 36.8 Å². The van der Waals surface area contributed by atoms with Crippen LogP contribution in [0.2, 0.25) is 0 Å². The van der Waals surface area contributed by atoms with Gasteiger partial charge in [-0.2, -0.15) is 0 Å². The number of aliphatic carboxylic acids is 1. The van der Waals surface area contributed by atoms with Gasteiger partial charge in [-0.3, -0.25) is 24.0 Å². The van der Waals surface area contributed by atoms with Crippen LogP contribution in [-0.4, -0.2) is 87.6 Å². The van der Waals surface area contributed by atoms with Crippen LogP contribution >= 0.6 is 0 Å². The highest BCUT2D eigenvalue weighted by Crippen LogP contribution is 2.21. The van der Waals surface area contributed by atoms with Crippen LogP contribution < -0.4 is 21.7 Å². The van der Waals surface area contributed by atoms with E-state index in [1.807, 2.05) is 0 Å². The number of nitrogens with zero attached hydrogens (tertiary/aromatic N) is 1. The lowest BCUT2D eigenvalue weighted by molar-refractivity contribution is -0.143. The maximum Gasteiger partial charge on any atom is 0.322 e. The lowest BCUT2D eigenvalue weighted by Gasteiger charge is -2.30. The summed E-state index contributed by atoms with van der Waals surface area (Å²) in [6.45, 7) is -0.728. The predicted octanol–water partition coefficient (Wildman–Crippen LogP) is -0.997. The molecule has 2 aromatic rings. The molecule has 0 aliphatic carbocycles. The summed E-state index contributed by atoms with van der Waals surface area (Å²) < 4.78 is 0. The molecule has 13 heteroatoms. The molecule has 0 radical (unpaired) electrons. The quantitative estimate of drug-likeness (QED) is 0.171. The van der Waals surface area contributed by atoms with Gasteiger partial charge in [-0.1, -0.05) is 24.3 Å². The molecular formula is C27H33N5O8. The van der Waals surface area contributed by atoms with Crippen molar-refractivity contribution in [2.24, 2.45) is 5.73 Å². The minimum atomic E-state index is -1.22. The van der Waals surface area contributed by atoms with Crippen molar-refractivity contribution < 1.29 is 39.3 Å². The summed E-state index contributed by atoms with van der Waals surface area (Å²) >= 11 is 0. The third-order valence-corrected chi connectivity index (χ3v) is 6.46. The Kier molecular flexibility index (Phi) is 10.4. The molecule has 0 saturated carbocycles. The van der Waals surface area contributed by atoms with E-state index in [2.05, 4.69) is 16.0 Å². The van der Waals surface area contributed by atoms with Crippen molar-refractivity contribution in [2.75, 3.05) is 19.6 Å². The van der Waals surface area contributed by atoms with E-state index in [9.17, 15) is 34.2 Å². The number of aromatic hydroxyl groups is 2. The number of carbonyl (C=O) groups is 5. The van der Waals surface area contributed by atoms with Crippen LogP contribution in [0.25, 0.3) is 0 Å². The smallest absolute Gasteiger partial charge is 0.322 e. The maximum atomic E-state index is 13.7. The molecule has 1 aliphatic heterocycles. The van der Waals surface area contributed by atoms with Crippen LogP contribution in [0.15, 0.2) is 48.5 Å². The number of nitrogens with one attached hydrogen (secondary N) is 3. The monoisotopic (exact) mass is 555 g/mol. The zero-order valence-electron chi connectivity index (χ0n) is 21.7. The number of phenolic OH excluding ortho intramolecular Hbond substituents is 2. The number of nitrogens with two attached hydrogens (primary N) is 1. The van der Waals surface area contributed by atoms with E-state index in [-0.39, 0.29) is 37.4 Å². The van der Waals surface area contributed by atoms with Crippen molar-refractivity contribution >= 4 is 29.6 Å². The number of carbonyl (C=O) groups excluding carboxylic acids is 4. The van der Waals surface area contributed by atoms with Crippen molar-refractivity contribution in [3.8, 4) is 11.5 Å². The molecule has 1 aliphatic rings. The number of carboxylic acid groups (broad SMARTS) is 1. The molecule has 8 N–H and O–H groups in total. The van der Waals surface area contributed by atoms with Gasteiger partial charge in [0.05, 0.1) is 6.54 Å². The Labute approximate surface area is 230 Å². The van der Waals surface area contributed by atoms with Crippen LogP contribution in [0.1, 0.15) is 24.0 Å². The van der Waals surface area contributed by atoms with Crippen LogP contribution in [0, 0.1) is 0 Å². The minimum absolute atomic E-state index is 0.0155. The van der Waals surface area contributed by atoms with E-state index in [0.717, 1.165) is 0 Å². The number of carboxylic acids is 1. The average molecular weight is 556 g/mol. The zero-order valence-corrected chi connectivity index (χ0v) is 21.7. The second kappa shape index (κ2) is 13.9. The molecular weight excluding hydrogens is 522 g/mol. The number of rotatable bonds is 12. The highest BCUT2D eigenvalue weighted by molar-refractivity contribution is 5.95. The summed E-state index contributed by atoms with van der Waals surface area (Å²) in [5.41, 5.74) is 6.68. The molecule has 13 nitrogen and oxygen atoms in total. The van der Waals surface area contributed by atoms with Crippen molar-refractivity contribution in [1.29, 1.82) is 0 Å². The third kappa shape index (κ3) is 8.43. The van der Waals surface area contributed by atoms with E-state index < -0.39 is 54.3 Å². The van der Waals surface area contributed by atoms with Crippen LogP contribution in [0.5, 0.6) is 11.5 Å². The molecule has 1 heterocycles. The summed E-state index contributed by atoms with van der Waals surface area (Å²) in [7, 11) is 0. The van der Waals surface area contributed by atoms with Gasteiger partial charge in [-0.15, -0.1) is 0 Å². The van der Waals surface area contributed by atoms with E-state index in [0.29, 0.717) is 24.0 Å². The molecule has 0 unspecified atom stereocenters. The molecule has 214 valence electrons. The third-order valence-electron chi connectivity index (χ3n) is 6.46. The topological polar surface area (TPSA) is 211 Å². The SMILES string of the molecule is NCC(=O)N[C@@H](Cc1ccc(O)cc1)C(=O)N[C@@H](Cc1ccc(O)cc1)C(=O)N1CCC[C@H]1C(=O)NCC(=O)O. The van der Waals surface area contributed by atoms with Crippen molar-refractivity contribution in [1.82, 2.24) is 20.9 Å². The standard InChI is InChI=1S/C27H33N5O8/c28-14-23(35)30-20(12-16-3-7-18(33)8-4-16)25(38)31-21(13-17-5-9-19(34)10-6-17)27(40)32-11-1-2-22(32)26(39)29-15-24(36)37/h3-10,20-22,33-34H,1-2,11-15,28H2,(H,29,39)(H,30,35)(H,31,38)(H,36,37)/t20-,21-,22-/m0/s1. The summed E-state index contributed by atoms with van der Waals surface area (Å²) in [5, 5.41) is 35.7. The van der Waals surface area contributed by atoms with Gasteiger partial charge in [0.2, 0.25) is 23.6 Å². The Balaban J connectivity index is 1.85. The van der Waals surface area contributed by atoms with Crippen LogP contribution in [0.4, 0.5) is 0 Å². The second-order valence-corrected chi connectivity index (χ2v) is 9.43. The van der Waals surface area contributed by atoms with Gasteiger partial charge in [-0.05, 0) is 48.2 Å². The minimum Gasteiger partial charge on any atom is -0.508 e. The lowest BCUT2D eigenvalue weighted by Crippen LogP contribution is -2.58. The number of hydrogen-bond acceptors (Lipinski definition) is 8. The number of amides is 4. The van der Waals surface area contributed by atoms with Crippen LogP contribution in [0.3, 0.4) is 0 Å².